The van der Waals surface area contributed by atoms with Crippen LogP contribution in [0.5, 0.6) is 0 Å². The maximum atomic E-state index is 11.9. The van der Waals surface area contributed by atoms with Gasteiger partial charge in [0.1, 0.15) is 6.04 Å². The third-order valence-electron chi connectivity index (χ3n) is 3.83. The van der Waals surface area contributed by atoms with Crippen molar-refractivity contribution in [3.8, 4) is 0 Å². The summed E-state index contributed by atoms with van der Waals surface area (Å²) >= 11 is 0. The molecule has 4 nitrogen and oxygen atoms in total. The van der Waals surface area contributed by atoms with Crippen LogP contribution in [0.15, 0.2) is 42.5 Å². The molecule has 1 unspecified atom stereocenters. The van der Waals surface area contributed by atoms with Crippen molar-refractivity contribution in [2.75, 3.05) is 0 Å². The highest BCUT2D eigenvalue weighted by Crippen LogP contribution is 2.25. The number of carbonyl (C=O) groups is 2. The lowest BCUT2D eigenvalue weighted by Crippen LogP contribution is -2.37. The highest BCUT2D eigenvalue weighted by atomic mass is 16.4. The number of fused-ring (bicyclic) bond motifs is 1. The van der Waals surface area contributed by atoms with Crippen molar-refractivity contribution < 1.29 is 14.7 Å². The molecule has 1 amide bonds. The first-order valence-corrected chi connectivity index (χ1v) is 6.66. The van der Waals surface area contributed by atoms with E-state index in [0.29, 0.717) is 19.4 Å². The summed E-state index contributed by atoms with van der Waals surface area (Å²) in [6.45, 7) is 0.358. The second kappa shape index (κ2) is 4.96. The molecule has 3 rings (SSSR count). The molecule has 1 fully saturated rings. The van der Waals surface area contributed by atoms with Gasteiger partial charge < -0.3 is 10.0 Å². The molecule has 1 atom stereocenters. The molecule has 0 bridgehead atoms. The molecular formula is C16H15NO3. The van der Waals surface area contributed by atoms with Crippen LogP contribution in [0.2, 0.25) is 0 Å². The minimum Gasteiger partial charge on any atom is -0.480 e. The van der Waals surface area contributed by atoms with E-state index >= 15 is 0 Å². The first-order valence-electron chi connectivity index (χ1n) is 6.66. The van der Waals surface area contributed by atoms with Crippen molar-refractivity contribution in [1.29, 1.82) is 0 Å². The molecule has 1 N–H and O–H groups in total. The van der Waals surface area contributed by atoms with Crippen LogP contribution in [0.1, 0.15) is 18.4 Å². The number of rotatable bonds is 3. The van der Waals surface area contributed by atoms with Crippen molar-refractivity contribution >= 4 is 22.6 Å². The predicted octanol–water partition coefficient (Wildman–Crippen LogP) is 2.42. The fourth-order valence-corrected chi connectivity index (χ4v) is 2.80. The number of likely N-dealkylation sites (tertiary alicyclic amines) is 1. The number of amides is 1. The Hall–Kier alpha value is -2.36. The smallest absolute Gasteiger partial charge is 0.326 e. The highest BCUT2D eigenvalue weighted by molar-refractivity contribution is 5.89. The van der Waals surface area contributed by atoms with Crippen LogP contribution < -0.4 is 0 Å². The summed E-state index contributed by atoms with van der Waals surface area (Å²) in [6.07, 6.45) is 0.723. The van der Waals surface area contributed by atoms with Crippen LogP contribution in [0, 0.1) is 0 Å². The normalized spacial score (nSPS) is 18.7. The molecule has 4 heteroatoms. The van der Waals surface area contributed by atoms with Gasteiger partial charge >= 0.3 is 5.97 Å². The van der Waals surface area contributed by atoms with Crippen LogP contribution in [-0.2, 0) is 16.1 Å². The monoisotopic (exact) mass is 269 g/mol. The molecule has 1 aliphatic rings. The Balaban J connectivity index is 1.96. The number of carboxylic acids is 1. The second-order valence-corrected chi connectivity index (χ2v) is 5.05. The summed E-state index contributed by atoms with van der Waals surface area (Å²) in [4.78, 5) is 24.6. The van der Waals surface area contributed by atoms with Crippen LogP contribution in [-0.4, -0.2) is 27.9 Å². The lowest BCUT2D eigenvalue weighted by molar-refractivity contribution is -0.146. The van der Waals surface area contributed by atoms with Crippen LogP contribution in [0.25, 0.3) is 10.8 Å². The molecule has 0 aliphatic carbocycles. The van der Waals surface area contributed by atoms with Crippen LogP contribution >= 0.6 is 0 Å². The number of hydrogen-bond donors (Lipinski definition) is 1. The minimum absolute atomic E-state index is 0.0784. The van der Waals surface area contributed by atoms with Crippen LogP contribution in [0.3, 0.4) is 0 Å². The predicted molar refractivity (Wildman–Crippen MR) is 75.2 cm³/mol. The molecule has 20 heavy (non-hydrogen) atoms. The zero-order chi connectivity index (χ0) is 14.1. The summed E-state index contributed by atoms with van der Waals surface area (Å²) < 4.78 is 0. The average Bonchev–Trinajstić information content (AvgIpc) is 2.81. The third-order valence-corrected chi connectivity index (χ3v) is 3.83. The third kappa shape index (κ3) is 2.13. The summed E-state index contributed by atoms with van der Waals surface area (Å²) in [5, 5.41) is 11.4. The standard InChI is InChI=1S/C16H15NO3/c18-15-9-8-14(16(19)20)17(15)10-12-6-3-5-11-4-1-2-7-13(11)12/h1-7,14H,8-10H2,(H,19,20). The van der Waals surface area contributed by atoms with Gasteiger partial charge in [-0.05, 0) is 22.8 Å². The minimum atomic E-state index is -0.920. The van der Waals surface area contributed by atoms with E-state index in [4.69, 9.17) is 0 Å². The molecule has 0 aromatic heterocycles. The van der Waals surface area contributed by atoms with Gasteiger partial charge in [0.15, 0.2) is 0 Å². The fraction of sp³-hybridized carbons (Fsp3) is 0.250. The SMILES string of the molecule is O=C(O)C1CCC(=O)N1Cc1cccc2ccccc12. The van der Waals surface area contributed by atoms with Gasteiger partial charge in [0, 0.05) is 13.0 Å². The molecule has 1 aliphatic heterocycles. The molecule has 0 spiro atoms. The first-order chi connectivity index (χ1) is 9.66. The summed E-state index contributed by atoms with van der Waals surface area (Å²) in [6, 6.07) is 13.1. The van der Waals surface area contributed by atoms with E-state index < -0.39 is 12.0 Å². The Morgan fingerprint density at radius 2 is 1.95 bits per heavy atom. The first kappa shape index (κ1) is 12.7. The van der Waals surface area contributed by atoms with E-state index in [1.165, 1.54) is 4.90 Å². The molecule has 2 aromatic carbocycles. The van der Waals surface area contributed by atoms with Crippen molar-refractivity contribution in [2.45, 2.75) is 25.4 Å². The molecule has 0 radical (unpaired) electrons. The van der Waals surface area contributed by atoms with E-state index in [2.05, 4.69) is 0 Å². The molecule has 102 valence electrons. The van der Waals surface area contributed by atoms with Crippen molar-refractivity contribution in [3.63, 3.8) is 0 Å². The maximum Gasteiger partial charge on any atom is 0.326 e. The number of benzene rings is 2. The Bertz CT molecular complexity index is 675. The summed E-state index contributed by atoms with van der Waals surface area (Å²) in [5.74, 6) is -0.999. The zero-order valence-corrected chi connectivity index (χ0v) is 11.0. The quantitative estimate of drug-likeness (QED) is 0.931. The van der Waals surface area contributed by atoms with Gasteiger partial charge in [0.2, 0.25) is 5.91 Å². The van der Waals surface area contributed by atoms with E-state index in [0.717, 1.165) is 16.3 Å². The van der Waals surface area contributed by atoms with E-state index in [1.54, 1.807) is 0 Å². The largest absolute Gasteiger partial charge is 0.480 e. The second-order valence-electron chi connectivity index (χ2n) is 5.05. The molecule has 0 saturated carbocycles. The van der Waals surface area contributed by atoms with Gasteiger partial charge in [0.25, 0.3) is 0 Å². The number of aliphatic carboxylic acids is 1. The van der Waals surface area contributed by atoms with Crippen molar-refractivity contribution in [1.82, 2.24) is 4.90 Å². The zero-order valence-electron chi connectivity index (χ0n) is 11.0. The number of carbonyl (C=O) groups excluding carboxylic acids is 1. The van der Waals surface area contributed by atoms with Gasteiger partial charge in [-0.1, -0.05) is 42.5 Å². The average molecular weight is 269 g/mol. The summed E-state index contributed by atoms with van der Waals surface area (Å²) in [7, 11) is 0. The topological polar surface area (TPSA) is 57.6 Å². The lowest BCUT2D eigenvalue weighted by Gasteiger charge is -2.22. The van der Waals surface area contributed by atoms with Gasteiger partial charge in [-0.2, -0.15) is 0 Å². The van der Waals surface area contributed by atoms with Gasteiger partial charge in [-0.3, -0.25) is 4.79 Å². The van der Waals surface area contributed by atoms with Gasteiger partial charge in [-0.25, -0.2) is 4.79 Å². The molecule has 1 heterocycles. The van der Waals surface area contributed by atoms with Gasteiger partial charge in [-0.15, -0.1) is 0 Å². The number of carboxylic acid groups (broad SMARTS) is 1. The Labute approximate surface area is 116 Å². The maximum absolute atomic E-state index is 11.9. The number of nitrogens with zero attached hydrogens (tertiary/aromatic N) is 1. The highest BCUT2D eigenvalue weighted by Gasteiger charge is 2.35. The van der Waals surface area contributed by atoms with E-state index in [1.807, 2.05) is 42.5 Å². The molecule has 1 saturated heterocycles. The fourth-order valence-electron chi connectivity index (χ4n) is 2.80. The van der Waals surface area contributed by atoms with Crippen LogP contribution in [0.4, 0.5) is 0 Å². The van der Waals surface area contributed by atoms with E-state index in [9.17, 15) is 14.7 Å². The van der Waals surface area contributed by atoms with Crippen molar-refractivity contribution in [2.24, 2.45) is 0 Å². The van der Waals surface area contributed by atoms with E-state index in [-0.39, 0.29) is 5.91 Å². The Morgan fingerprint density at radius 1 is 1.20 bits per heavy atom. The Morgan fingerprint density at radius 3 is 2.75 bits per heavy atom. The Kier molecular flexibility index (Phi) is 3.14. The molecule has 2 aromatic rings. The molecular weight excluding hydrogens is 254 g/mol. The number of hydrogen-bond acceptors (Lipinski definition) is 2. The lowest BCUT2D eigenvalue weighted by atomic mass is 10.0. The van der Waals surface area contributed by atoms with Crippen molar-refractivity contribution in [3.05, 3.63) is 48.0 Å². The summed E-state index contributed by atoms with van der Waals surface area (Å²) in [5.41, 5.74) is 0.990. The van der Waals surface area contributed by atoms with Gasteiger partial charge in [0.05, 0.1) is 0 Å².